The third-order valence-corrected chi connectivity index (χ3v) is 6.47. The van der Waals surface area contributed by atoms with Gasteiger partial charge in [-0.1, -0.05) is 0 Å². The molecule has 0 radical (unpaired) electrons. The smallest absolute Gasteiger partial charge is 0.275 e. The zero-order valence-corrected chi connectivity index (χ0v) is 14.1. The monoisotopic (exact) mass is 307 g/mol. The van der Waals surface area contributed by atoms with Crippen molar-refractivity contribution < 1.29 is 14.4 Å². The number of ether oxygens (including phenoxy) is 1. The van der Waals surface area contributed by atoms with E-state index in [0.717, 1.165) is 30.8 Å². The van der Waals surface area contributed by atoms with E-state index >= 15 is 0 Å². The van der Waals surface area contributed by atoms with Gasteiger partial charge in [0.2, 0.25) is 0 Å². The second-order valence-electron chi connectivity index (χ2n) is 8.84. The highest BCUT2D eigenvalue weighted by Crippen LogP contribution is 2.55. The van der Waals surface area contributed by atoms with E-state index in [1.807, 2.05) is 0 Å². The van der Waals surface area contributed by atoms with Crippen molar-refractivity contribution in [2.75, 3.05) is 19.6 Å². The molecule has 0 unspecified atom stereocenters. The Morgan fingerprint density at radius 3 is 2.05 bits per heavy atom. The standard InChI is InChI=1S/C18H30N2O2/c1-12-9-20(10-13(2)22-12)11-17(21)19-18-6-14-3-15(7-18)5-16(4-14)8-18/h12-16H,3-11H2,1-2H3,(H,19,21)/p+1/t12-,13-,14?,15?,16?,18?/m0/s1. The Balaban J connectivity index is 1.36. The minimum atomic E-state index is 0.162. The quantitative estimate of drug-likeness (QED) is 0.808. The summed E-state index contributed by atoms with van der Waals surface area (Å²) in [4.78, 5) is 14.0. The summed E-state index contributed by atoms with van der Waals surface area (Å²) in [7, 11) is 0. The van der Waals surface area contributed by atoms with Crippen molar-refractivity contribution in [3.8, 4) is 0 Å². The molecule has 4 saturated carbocycles. The van der Waals surface area contributed by atoms with E-state index in [0.29, 0.717) is 6.54 Å². The number of hydrogen-bond acceptors (Lipinski definition) is 2. The van der Waals surface area contributed by atoms with E-state index in [1.165, 1.54) is 43.4 Å². The number of morpholine rings is 1. The van der Waals surface area contributed by atoms with E-state index in [1.54, 1.807) is 0 Å². The SMILES string of the molecule is C[C@H]1C[NH+](CC(=O)NC23CC4CC(CC(C4)C2)C3)C[C@H](C)O1. The molecule has 1 saturated heterocycles. The second kappa shape index (κ2) is 5.48. The van der Waals surface area contributed by atoms with Gasteiger partial charge in [0.1, 0.15) is 25.3 Å². The van der Waals surface area contributed by atoms with Gasteiger partial charge in [-0.25, -0.2) is 0 Å². The van der Waals surface area contributed by atoms with Crippen LogP contribution in [0.15, 0.2) is 0 Å². The highest BCUT2D eigenvalue weighted by Gasteiger charge is 2.51. The van der Waals surface area contributed by atoms with Gasteiger partial charge in [0.05, 0.1) is 0 Å². The third kappa shape index (κ3) is 2.92. The molecule has 0 aromatic carbocycles. The van der Waals surface area contributed by atoms with E-state index in [4.69, 9.17) is 4.74 Å². The van der Waals surface area contributed by atoms with Crippen LogP contribution in [0.2, 0.25) is 0 Å². The van der Waals surface area contributed by atoms with Crippen LogP contribution >= 0.6 is 0 Å². The Hall–Kier alpha value is -0.610. The van der Waals surface area contributed by atoms with E-state index < -0.39 is 0 Å². The number of hydrogen-bond donors (Lipinski definition) is 2. The predicted octanol–water partition coefficient (Wildman–Crippen LogP) is 0.764. The van der Waals surface area contributed by atoms with E-state index in [-0.39, 0.29) is 23.7 Å². The Bertz CT molecular complexity index is 405. The molecular weight excluding hydrogens is 276 g/mol. The third-order valence-electron chi connectivity index (χ3n) is 6.47. The molecule has 0 aromatic heterocycles. The molecule has 4 heteroatoms. The van der Waals surface area contributed by atoms with Crippen LogP contribution in [0, 0.1) is 17.8 Å². The van der Waals surface area contributed by atoms with Crippen LogP contribution in [0.3, 0.4) is 0 Å². The average molecular weight is 307 g/mol. The first-order valence-corrected chi connectivity index (χ1v) is 9.30. The number of carbonyl (C=O) groups excluding carboxylic acids is 1. The summed E-state index contributed by atoms with van der Waals surface area (Å²) in [6.07, 6.45) is 8.57. The zero-order valence-electron chi connectivity index (χ0n) is 14.1. The van der Waals surface area contributed by atoms with Crippen molar-refractivity contribution in [1.29, 1.82) is 0 Å². The van der Waals surface area contributed by atoms with Crippen molar-refractivity contribution in [3.05, 3.63) is 0 Å². The predicted molar refractivity (Wildman–Crippen MR) is 84.6 cm³/mol. The Morgan fingerprint density at radius 1 is 1.05 bits per heavy atom. The molecule has 1 heterocycles. The second-order valence-corrected chi connectivity index (χ2v) is 8.84. The van der Waals surface area contributed by atoms with Crippen LogP contribution in [-0.2, 0) is 9.53 Å². The molecule has 5 aliphatic rings. The maximum atomic E-state index is 12.6. The topological polar surface area (TPSA) is 42.8 Å². The van der Waals surface area contributed by atoms with Gasteiger partial charge in [-0.3, -0.25) is 4.79 Å². The fraction of sp³-hybridized carbons (Fsp3) is 0.944. The maximum Gasteiger partial charge on any atom is 0.275 e. The molecule has 4 aliphatic carbocycles. The molecule has 0 spiro atoms. The number of carbonyl (C=O) groups is 1. The molecule has 1 aliphatic heterocycles. The van der Waals surface area contributed by atoms with Crippen LogP contribution in [0.5, 0.6) is 0 Å². The number of nitrogens with one attached hydrogen (secondary N) is 2. The largest absolute Gasteiger partial charge is 0.364 e. The lowest BCUT2D eigenvalue weighted by Crippen LogP contribution is -3.16. The van der Waals surface area contributed by atoms with Gasteiger partial charge in [0.25, 0.3) is 5.91 Å². The lowest BCUT2D eigenvalue weighted by atomic mass is 9.53. The van der Waals surface area contributed by atoms with Gasteiger partial charge in [-0.15, -0.1) is 0 Å². The minimum Gasteiger partial charge on any atom is -0.364 e. The van der Waals surface area contributed by atoms with Gasteiger partial charge < -0.3 is 15.0 Å². The van der Waals surface area contributed by atoms with Crippen LogP contribution < -0.4 is 10.2 Å². The van der Waals surface area contributed by atoms with Crippen molar-refractivity contribution in [2.24, 2.45) is 17.8 Å². The minimum absolute atomic E-state index is 0.162. The van der Waals surface area contributed by atoms with Gasteiger partial charge in [-0.05, 0) is 70.1 Å². The zero-order chi connectivity index (χ0) is 15.3. The maximum absolute atomic E-state index is 12.6. The first-order valence-electron chi connectivity index (χ1n) is 9.30. The summed E-state index contributed by atoms with van der Waals surface area (Å²) in [5, 5.41) is 3.50. The van der Waals surface area contributed by atoms with Gasteiger partial charge in [0, 0.05) is 5.54 Å². The molecule has 1 amide bonds. The van der Waals surface area contributed by atoms with Crippen LogP contribution in [-0.4, -0.2) is 43.3 Å². The number of quaternary nitrogens is 1. The van der Waals surface area contributed by atoms with E-state index in [2.05, 4.69) is 19.2 Å². The normalized spacial score (nSPS) is 50.1. The van der Waals surface area contributed by atoms with Gasteiger partial charge in [0.15, 0.2) is 6.54 Å². The molecule has 2 atom stereocenters. The highest BCUT2D eigenvalue weighted by molar-refractivity contribution is 5.77. The summed E-state index contributed by atoms with van der Waals surface area (Å²) in [6.45, 7) is 6.77. The van der Waals surface area contributed by atoms with Crippen LogP contribution in [0.25, 0.3) is 0 Å². The average Bonchev–Trinajstić information content (AvgIpc) is 2.33. The Kier molecular flexibility index (Phi) is 3.73. The summed E-state index contributed by atoms with van der Waals surface area (Å²) in [5.74, 6) is 2.95. The van der Waals surface area contributed by atoms with Crippen molar-refractivity contribution >= 4 is 5.91 Å². The number of amides is 1. The van der Waals surface area contributed by atoms with Crippen molar-refractivity contribution in [2.45, 2.75) is 70.1 Å². The van der Waals surface area contributed by atoms with Crippen LogP contribution in [0.4, 0.5) is 0 Å². The Labute approximate surface area is 134 Å². The fourth-order valence-electron chi connectivity index (χ4n) is 6.36. The molecule has 4 bridgehead atoms. The first-order chi connectivity index (χ1) is 10.5. The Morgan fingerprint density at radius 2 is 1.55 bits per heavy atom. The molecule has 2 N–H and O–H groups in total. The molecule has 5 fully saturated rings. The molecule has 4 nitrogen and oxygen atoms in total. The first kappa shape index (κ1) is 14.9. The van der Waals surface area contributed by atoms with Crippen molar-refractivity contribution in [3.63, 3.8) is 0 Å². The summed E-state index contributed by atoms with van der Waals surface area (Å²) in [5.41, 5.74) is 0.162. The molecule has 22 heavy (non-hydrogen) atoms. The van der Waals surface area contributed by atoms with Crippen molar-refractivity contribution in [1.82, 2.24) is 5.32 Å². The fourth-order valence-corrected chi connectivity index (χ4v) is 6.36. The number of rotatable bonds is 3. The summed E-state index contributed by atoms with van der Waals surface area (Å²) < 4.78 is 5.78. The summed E-state index contributed by atoms with van der Waals surface area (Å²) >= 11 is 0. The summed E-state index contributed by atoms with van der Waals surface area (Å²) in [6, 6.07) is 0. The lowest BCUT2D eigenvalue weighted by Gasteiger charge is -2.56. The van der Waals surface area contributed by atoms with Crippen LogP contribution in [0.1, 0.15) is 52.4 Å². The van der Waals surface area contributed by atoms with Gasteiger partial charge >= 0.3 is 0 Å². The molecule has 0 aromatic rings. The molecule has 5 rings (SSSR count). The van der Waals surface area contributed by atoms with Gasteiger partial charge in [-0.2, -0.15) is 0 Å². The lowest BCUT2D eigenvalue weighted by molar-refractivity contribution is -0.907. The molecular formula is C18H31N2O2+. The molecule has 124 valence electrons. The van der Waals surface area contributed by atoms with E-state index in [9.17, 15) is 4.79 Å². The highest BCUT2D eigenvalue weighted by atomic mass is 16.5.